The lowest BCUT2D eigenvalue weighted by molar-refractivity contribution is -0.174. The van der Waals surface area contributed by atoms with Crippen LogP contribution in [0.4, 0.5) is 5.69 Å². The van der Waals surface area contributed by atoms with Gasteiger partial charge < -0.3 is 40.9 Å². The first-order valence-corrected chi connectivity index (χ1v) is 7.69. The molecule has 11 nitrogen and oxygen atoms in total. The van der Waals surface area contributed by atoms with Gasteiger partial charge in [-0.15, -0.1) is 0 Å². The number of amides is 1. The number of anilines is 1. The van der Waals surface area contributed by atoms with Crippen LogP contribution in [0.1, 0.15) is 0 Å². The van der Waals surface area contributed by atoms with Crippen molar-refractivity contribution in [1.29, 1.82) is 0 Å². The molecule has 0 saturated carbocycles. The number of carbonyl (C=O) groups is 1. The first-order valence-electron chi connectivity index (χ1n) is 7.69. The van der Waals surface area contributed by atoms with Crippen LogP contribution in [0.5, 0.6) is 0 Å². The van der Waals surface area contributed by atoms with E-state index in [1.54, 1.807) is 30.3 Å². The molecule has 0 aliphatic carbocycles. The highest BCUT2D eigenvalue weighted by Crippen LogP contribution is 2.13. The molecule has 0 bridgehead atoms. The quantitative estimate of drug-likeness (QED) is 0.178. The fraction of sp³-hybridized carbons (Fsp3) is 0.533. The third kappa shape index (κ3) is 5.86. The van der Waals surface area contributed by atoms with Crippen molar-refractivity contribution in [3.63, 3.8) is 0 Å². The molecule has 1 rings (SSSR count). The van der Waals surface area contributed by atoms with Crippen molar-refractivity contribution in [2.24, 2.45) is 0 Å². The van der Waals surface area contributed by atoms with Gasteiger partial charge in [-0.1, -0.05) is 18.2 Å². The summed E-state index contributed by atoms with van der Waals surface area (Å²) in [6.07, 6.45) is -14.9. The zero-order chi connectivity index (χ0) is 19.9. The SMILES string of the molecule is O=C(NNc1ccccc1)[C@@H](O)[C@@H](O)[C@H](O)[C@H](O)[C@@H](O)[C@H](O)[C@H](O)CO. The van der Waals surface area contributed by atoms with Gasteiger partial charge in [0, 0.05) is 0 Å². The number of para-hydroxylation sites is 1. The molecule has 7 atom stereocenters. The van der Waals surface area contributed by atoms with Gasteiger partial charge in [-0.05, 0) is 12.1 Å². The first-order chi connectivity index (χ1) is 12.2. The number of benzene rings is 1. The second kappa shape index (κ2) is 10.4. The summed E-state index contributed by atoms with van der Waals surface area (Å²) >= 11 is 0. The summed E-state index contributed by atoms with van der Waals surface area (Å²) in [6, 6.07) is 8.29. The molecule has 0 aromatic heterocycles. The predicted octanol–water partition coefficient (Wildman–Crippen LogP) is -4.35. The molecule has 0 aliphatic heterocycles. The Morgan fingerprint density at radius 2 is 1.31 bits per heavy atom. The van der Waals surface area contributed by atoms with Gasteiger partial charge in [-0.3, -0.25) is 15.6 Å². The van der Waals surface area contributed by atoms with Crippen LogP contribution in [0.15, 0.2) is 30.3 Å². The summed E-state index contributed by atoms with van der Waals surface area (Å²) in [7, 11) is 0. The molecule has 11 heteroatoms. The molecule has 148 valence electrons. The number of nitrogens with one attached hydrogen (secondary N) is 2. The molecule has 0 radical (unpaired) electrons. The third-order valence-corrected chi connectivity index (χ3v) is 3.68. The van der Waals surface area contributed by atoms with Crippen LogP contribution in [0.3, 0.4) is 0 Å². The number of aliphatic hydroxyl groups excluding tert-OH is 8. The molecule has 1 aromatic rings. The fourth-order valence-corrected chi connectivity index (χ4v) is 2.01. The van der Waals surface area contributed by atoms with Crippen molar-refractivity contribution in [1.82, 2.24) is 5.43 Å². The van der Waals surface area contributed by atoms with Crippen LogP contribution >= 0.6 is 0 Å². The van der Waals surface area contributed by atoms with Crippen LogP contribution in [-0.2, 0) is 4.79 Å². The maximum Gasteiger partial charge on any atom is 0.269 e. The summed E-state index contributed by atoms with van der Waals surface area (Å²) in [5, 5.41) is 76.1. The van der Waals surface area contributed by atoms with Gasteiger partial charge in [-0.25, -0.2) is 0 Å². The average Bonchev–Trinajstić information content (AvgIpc) is 2.68. The monoisotopic (exact) mass is 376 g/mol. The zero-order valence-electron chi connectivity index (χ0n) is 13.6. The van der Waals surface area contributed by atoms with E-state index in [2.05, 4.69) is 10.9 Å². The lowest BCUT2D eigenvalue weighted by Crippen LogP contribution is -2.57. The highest BCUT2D eigenvalue weighted by atomic mass is 16.4. The van der Waals surface area contributed by atoms with Crippen LogP contribution in [0, 0.1) is 0 Å². The van der Waals surface area contributed by atoms with Crippen molar-refractivity contribution in [3.05, 3.63) is 30.3 Å². The molecule has 26 heavy (non-hydrogen) atoms. The summed E-state index contributed by atoms with van der Waals surface area (Å²) in [5.41, 5.74) is 4.99. The minimum absolute atomic E-state index is 0.472. The van der Waals surface area contributed by atoms with Crippen LogP contribution in [0.2, 0.25) is 0 Å². The molecule has 1 aromatic carbocycles. The summed E-state index contributed by atoms with van der Waals surface area (Å²) in [6.45, 7) is -0.931. The van der Waals surface area contributed by atoms with Crippen molar-refractivity contribution in [2.75, 3.05) is 12.0 Å². The normalized spacial score (nSPS) is 19.5. The van der Waals surface area contributed by atoms with E-state index in [0.717, 1.165) is 0 Å². The van der Waals surface area contributed by atoms with Gasteiger partial charge in [0.05, 0.1) is 12.3 Å². The highest BCUT2D eigenvalue weighted by molar-refractivity contribution is 5.82. The highest BCUT2D eigenvalue weighted by Gasteiger charge is 2.40. The van der Waals surface area contributed by atoms with Crippen LogP contribution in [-0.4, -0.2) is 96.1 Å². The molecule has 10 N–H and O–H groups in total. The van der Waals surface area contributed by atoms with Crippen molar-refractivity contribution in [2.45, 2.75) is 42.7 Å². The van der Waals surface area contributed by atoms with E-state index in [1.807, 2.05) is 0 Å². The summed E-state index contributed by atoms with van der Waals surface area (Å²) < 4.78 is 0. The Kier molecular flexibility index (Phi) is 8.84. The molecule has 0 heterocycles. The van der Waals surface area contributed by atoms with Gasteiger partial charge in [0.1, 0.15) is 36.6 Å². The average molecular weight is 376 g/mol. The number of hydrogen-bond donors (Lipinski definition) is 10. The molecule has 0 saturated heterocycles. The van der Waals surface area contributed by atoms with E-state index in [0.29, 0.717) is 5.69 Å². The lowest BCUT2D eigenvalue weighted by atomic mass is 9.94. The zero-order valence-corrected chi connectivity index (χ0v) is 13.6. The van der Waals surface area contributed by atoms with E-state index in [1.165, 1.54) is 0 Å². The smallest absolute Gasteiger partial charge is 0.269 e. The molecule has 1 amide bonds. The van der Waals surface area contributed by atoms with Gasteiger partial charge in [0.15, 0.2) is 6.10 Å². The third-order valence-electron chi connectivity index (χ3n) is 3.68. The minimum atomic E-state index is -2.25. The van der Waals surface area contributed by atoms with E-state index in [4.69, 9.17) is 5.11 Å². The maximum atomic E-state index is 11.8. The van der Waals surface area contributed by atoms with Gasteiger partial charge >= 0.3 is 0 Å². The van der Waals surface area contributed by atoms with E-state index in [9.17, 15) is 40.5 Å². The molecule has 0 unspecified atom stereocenters. The number of aliphatic hydroxyl groups is 8. The van der Waals surface area contributed by atoms with Gasteiger partial charge in [0.2, 0.25) is 0 Å². The lowest BCUT2D eigenvalue weighted by Gasteiger charge is -2.31. The summed E-state index contributed by atoms with van der Waals surface area (Å²) in [4.78, 5) is 11.8. The van der Waals surface area contributed by atoms with Crippen LogP contribution in [0.25, 0.3) is 0 Å². The molecule has 0 spiro atoms. The Hall–Kier alpha value is -1.83. The van der Waals surface area contributed by atoms with Gasteiger partial charge in [0.25, 0.3) is 5.91 Å². The van der Waals surface area contributed by atoms with E-state index >= 15 is 0 Å². The van der Waals surface area contributed by atoms with Crippen molar-refractivity contribution >= 4 is 11.6 Å². The Morgan fingerprint density at radius 1 is 0.808 bits per heavy atom. The second-order valence-corrected chi connectivity index (χ2v) is 5.63. The standard InChI is InChI=1S/C15H24N2O9/c18-6-8(19)9(20)10(21)11(22)12(23)13(24)14(25)15(26)17-16-7-4-2-1-3-5-7/h1-5,8-14,16,18-25H,6H2,(H,17,26)/t8-,9-,10+,11-,12-,13+,14+/m1/s1. The van der Waals surface area contributed by atoms with Gasteiger partial charge in [-0.2, -0.15) is 0 Å². The second-order valence-electron chi connectivity index (χ2n) is 5.63. The molecule has 0 aliphatic rings. The van der Waals surface area contributed by atoms with Crippen LogP contribution < -0.4 is 10.9 Å². The predicted molar refractivity (Wildman–Crippen MR) is 87.3 cm³/mol. The Bertz CT molecular complexity index is 547. The van der Waals surface area contributed by atoms with E-state index in [-0.39, 0.29) is 0 Å². The largest absolute Gasteiger partial charge is 0.394 e. The first kappa shape index (κ1) is 22.2. The Labute approximate surface area is 148 Å². The number of hydrazine groups is 1. The number of rotatable bonds is 10. The Morgan fingerprint density at radius 3 is 1.85 bits per heavy atom. The molecular formula is C15H24N2O9. The minimum Gasteiger partial charge on any atom is -0.394 e. The fourth-order valence-electron chi connectivity index (χ4n) is 2.01. The van der Waals surface area contributed by atoms with Crippen molar-refractivity contribution < 1.29 is 45.6 Å². The Balaban J connectivity index is 2.61. The number of carbonyl (C=O) groups excluding carboxylic acids is 1. The maximum absolute atomic E-state index is 11.8. The topological polar surface area (TPSA) is 203 Å². The van der Waals surface area contributed by atoms with E-state index < -0.39 is 55.2 Å². The number of hydrogen-bond acceptors (Lipinski definition) is 10. The van der Waals surface area contributed by atoms with Crippen molar-refractivity contribution in [3.8, 4) is 0 Å². The molecular weight excluding hydrogens is 352 g/mol. The summed E-state index contributed by atoms with van der Waals surface area (Å²) in [5.74, 6) is -1.14. The molecule has 0 fully saturated rings.